The highest BCUT2D eigenvalue weighted by atomic mass is 32.2. The molecule has 0 unspecified atom stereocenters. The van der Waals surface area contributed by atoms with Gasteiger partial charge in [-0.2, -0.15) is 71.1 Å². The van der Waals surface area contributed by atoms with Gasteiger partial charge in [0.2, 0.25) is 27.6 Å². The second-order valence-electron chi connectivity index (χ2n) is 27.6. The number of benzene rings is 5. The van der Waals surface area contributed by atoms with Crippen molar-refractivity contribution in [3.05, 3.63) is 306 Å². The molecular weight excluding hydrogens is 1930 g/mol. The van der Waals surface area contributed by atoms with E-state index in [0.717, 1.165) is 23.8 Å². The Kier molecular flexibility index (Phi) is 43.1. The zero-order valence-corrected chi connectivity index (χ0v) is 76.6. The normalized spacial score (nSPS) is 11.8. The molecule has 0 aliphatic rings. The number of aldehydes is 2. The maximum Gasteiger partial charge on any atom is 0.485 e. The smallest absolute Gasteiger partial charge is 0.485 e. The van der Waals surface area contributed by atoms with Gasteiger partial charge in [-0.15, -0.1) is 0 Å². The molecule has 5 aromatic carbocycles. The van der Waals surface area contributed by atoms with Crippen molar-refractivity contribution in [3.63, 3.8) is 0 Å². The molecule has 136 heavy (non-hydrogen) atoms. The van der Waals surface area contributed by atoms with Gasteiger partial charge in [0.15, 0.2) is 94.1 Å². The first-order chi connectivity index (χ1) is 62.4. The molecule has 0 spiro atoms. The summed E-state index contributed by atoms with van der Waals surface area (Å²) in [4.78, 5) is 20.9. The molecule has 0 fully saturated rings. The van der Waals surface area contributed by atoms with Crippen LogP contribution in [0.4, 0.5) is 65.9 Å². The summed E-state index contributed by atoms with van der Waals surface area (Å²) in [5.74, 6) is 0. The van der Waals surface area contributed by atoms with Gasteiger partial charge in [-0.1, -0.05) is 92.4 Å². The molecule has 9 aromatic heterocycles. The lowest BCUT2D eigenvalue weighted by atomic mass is 10.1. The van der Waals surface area contributed by atoms with Crippen LogP contribution in [0.3, 0.4) is 0 Å². The Morgan fingerprint density at radius 3 is 0.684 bits per heavy atom. The highest BCUT2D eigenvalue weighted by molar-refractivity contribution is 7.87. The van der Waals surface area contributed by atoms with Crippen molar-refractivity contribution in [2.75, 3.05) is 0 Å². The molecular formula is C89H87F15N10O17S5. The number of nitriles is 1. The summed E-state index contributed by atoms with van der Waals surface area (Å²) in [6.07, 6.45) is 33.3. The highest BCUT2D eigenvalue weighted by Crippen LogP contribution is 2.28. The van der Waals surface area contributed by atoms with Gasteiger partial charge in [0.25, 0.3) is 0 Å². The summed E-state index contributed by atoms with van der Waals surface area (Å²) in [6.45, 7) is 3.57. The number of rotatable bonds is 10. The number of para-hydroxylation sites is 5. The minimum Gasteiger partial charge on any atom is -0.741 e. The quantitative estimate of drug-likeness (QED) is 0.0403. The number of fused-ring (bicyclic) bond motifs is 5. The molecule has 47 heteroatoms. The molecule has 0 N–H and O–H groups in total. The molecule has 0 aliphatic heterocycles. The Hall–Kier alpha value is -13.4. The van der Waals surface area contributed by atoms with E-state index in [1.807, 2.05) is 68.3 Å². The van der Waals surface area contributed by atoms with Crippen LogP contribution in [0.25, 0.3) is 103 Å². The maximum atomic E-state index is 10.9. The molecule has 0 atom stereocenters. The summed E-state index contributed by atoms with van der Waals surface area (Å²) >= 11 is 0. The molecule has 27 nitrogen and oxygen atoms in total. The van der Waals surface area contributed by atoms with E-state index in [1.54, 1.807) is 16.7 Å². The van der Waals surface area contributed by atoms with Crippen molar-refractivity contribution in [1.82, 2.24) is 18.3 Å². The average Bonchev–Trinajstić information content (AvgIpc) is 1.74. The van der Waals surface area contributed by atoms with E-state index >= 15 is 0 Å². The molecule has 0 bridgehead atoms. The third kappa shape index (κ3) is 35.1. The van der Waals surface area contributed by atoms with E-state index in [1.165, 1.54) is 101 Å². The molecule has 14 aromatic rings. The lowest BCUT2D eigenvalue weighted by Crippen LogP contribution is -2.28. The Bertz CT molecular complexity index is 6850. The monoisotopic (exact) mass is 2010 g/mol. The molecule has 730 valence electrons. The molecule has 0 radical (unpaired) electrons. The molecule has 0 aliphatic carbocycles. The second-order valence-corrected chi connectivity index (χ2v) is 34.4. The van der Waals surface area contributed by atoms with E-state index in [2.05, 4.69) is 325 Å². The lowest BCUT2D eigenvalue weighted by molar-refractivity contribution is -0.645. The molecule has 0 amide bonds. The molecule has 0 saturated heterocycles. The number of halogens is 15. The molecule has 9 heterocycles. The van der Waals surface area contributed by atoms with Gasteiger partial charge >= 0.3 is 27.5 Å². The van der Waals surface area contributed by atoms with Crippen LogP contribution in [-0.2, 0) is 114 Å². The zero-order chi connectivity index (χ0) is 102. The predicted octanol–water partition coefficient (Wildman–Crippen LogP) is 15.7. The Labute approximate surface area is 772 Å². The first kappa shape index (κ1) is 117. The van der Waals surface area contributed by atoms with E-state index < -0.39 is 78.1 Å². The molecule has 0 saturated carbocycles. The van der Waals surface area contributed by atoms with Crippen LogP contribution in [0, 0.1) is 18.3 Å². The van der Waals surface area contributed by atoms with Gasteiger partial charge < -0.3 is 41.0 Å². The number of hydrogen-bond acceptors (Lipinski definition) is 18. The summed E-state index contributed by atoms with van der Waals surface area (Å²) in [5, 5.41) is 13.7. The third-order valence-corrected chi connectivity index (χ3v) is 21.1. The minimum atomic E-state index is -6.09. The van der Waals surface area contributed by atoms with Crippen LogP contribution in [-0.4, -0.2) is 123 Å². The van der Waals surface area contributed by atoms with Gasteiger partial charge in [-0.3, -0.25) is 9.59 Å². The van der Waals surface area contributed by atoms with Gasteiger partial charge in [0, 0.05) is 136 Å². The third-order valence-electron chi connectivity index (χ3n) is 18.3. The fourth-order valence-electron chi connectivity index (χ4n) is 11.3. The zero-order valence-electron chi connectivity index (χ0n) is 72.5. The lowest BCUT2D eigenvalue weighted by Gasteiger charge is -2.08. The first-order valence-corrected chi connectivity index (χ1v) is 44.8. The van der Waals surface area contributed by atoms with Crippen LogP contribution < -0.4 is 22.8 Å². The SMILES string of the molecule is C.CC#N.Cc1cc[n+](C)c2ccccc12.Cn1c(/C=C/c2cc[n+](C)c3ccccc23)ccc1/C=C/c1cc[n+](C)c2ccccc12.Cn1c(C=O)ccc1/C=C/c1cc[n+](C)c2ccccc12.Cn1cccc1/C=C/c1cc[n+](C)c2ccccc12.Cn1cccc1C=O.O=S(=O)([O-])C(F)(F)F.O=S(=O)([O-])C(F)(F)F.O=S(=O)([O-])C(F)(F)F.O=S(=O)([O-])C(F)(F)F.O=S(=O)([O-])C(F)(F)F. The van der Waals surface area contributed by atoms with Crippen molar-refractivity contribution in [1.29, 1.82) is 5.26 Å². The summed E-state index contributed by atoms with van der Waals surface area (Å²) in [7, 11) is -12.2. The van der Waals surface area contributed by atoms with Crippen molar-refractivity contribution in [3.8, 4) is 6.07 Å². The van der Waals surface area contributed by atoms with Crippen molar-refractivity contribution in [2.45, 2.75) is 48.8 Å². The van der Waals surface area contributed by atoms with Gasteiger partial charge in [0.05, 0.1) is 39.0 Å². The number of nitrogens with zero attached hydrogens (tertiary/aromatic N) is 10. The largest absolute Gasteiger partial charge is 0.741 e. The predicted molar refractivity (Wildman–Crippen MR) is 475 cm³/mol. The maximum absolute atomic E-state index is 10.9. The Morgan fingerprint density at radius 1 is 0.294 bits per heavy atom. The number of pyridine rings is 5. The van der Waals surface area contributed by atoms with Gasteiger partial charge in [-0.25, -0.2) is 64.9 Å². The van der Waals surface area contributed by atoms with Crippen molar-refractivity contribution >= 4 is 166 Å². The summed E-state index contributed by atoms with van der Waals surface area (Å²) in [5.41, 5.74) is -9.89. The van der Waals surface area contributed by atoms with Crippen LogP contribution in [0.2, 0.25) is 0 Å². The van der Waals surface area contributed by atoms with Crippen LogP contribution in [0.5, 0.6) is 0 Å². The van der Waals surface area contributed by atoms with Crippen LogP contribution >= 0.6 is 0 Å². The fraction of sp³-hybridized carbons (Fsp3) is 0.191. The number of hydrogen-bond donors (Lipinski definition) is 0. The minimum absolute atomic E-state index is 0. The van der Waals surface area contributed by atoms with Crippen molar-refractivity contribution < 1.29 is 163 Å². The summed E-state index contributed by atoms with van der Waals surface area (Å²) in [6, 6.07) is 70.7. The number of alkyl halides is 15. The number of aromatic nitrogens is 9. The number of carbonyl (C=O) groups excluding carboxylic acids is 2. The number of carbonyl (C=O) groups is 2. The average molecular weight is 2010 g/mol. The van der Waals surface area contributed by atoms with Crippen molar-refractivity contribution in [2.24, 2.45) is 63.4 Å². The standard InChI is InChI=1S/C29H27N3.C18H17N2O.C17H17N2.C11H12N.C6H7NO.C2H3N.5CHF3O3S.CH4/c1-30-20-18-22(26-8-4-6-10-28(26)30)12-14-24-16-17-25(32(24)3)15-13-23-19-21-31(2)29-11-7-5-9-27(23)29;1-19-12-11-14(17-5-3-4-6-18(17)19)7-8-15-9-10-16(13-21)20(15)2;1-18-12-5-6-15(18)10-9-14-11-13-19(2)17-8-4-3-7-16(14)17;1-9-7-8-12(2)11-6-4-3-5-10(9)11;1-7-4-2-3-6(7)5-8;1-2-3;5*2-1(3,4)8(5,6)7;/h4-21H,1-3H3;3-13H,1-2H3;3-13H,1-2H3;3-8H,1-2H3;2-5H,1H3;1H3;5*(H,5,6,7);1H4/q+2;3*+1;;;;;;;;/p-5. The summed E-state index contributed by atoms with van der Waals surface area (Å²) < 4.78 is 313. The first-order valence-electron chi connectivity index (χ1n) is 37.8. The van der Waals surface area contributed by atoms with Crippen LogP contribution in [0.15, 0.2) is 244 Å². The molecule has 14 rings (SSSR count). The van der Waals surface area contributed by atoms with E-state index in [-0.39, 0.29) is 7.43 Å². The van der Waals surface area contributed by atoms with E-state index in [0.29, 0.717) is 11.4 Å². The fourth-order valence-corrected chi connectivity index (χ4v) is 11.3. The second kappa shape index (κ2) is 50.2. The van der Waals surface area contributed by atoms with Gasteiger partial charge in [-0.05, 0) is 138 Å². The highest BCUT2D eigenvalue weighted by Gasteiger charge is 2.40. The Balaban J connectivity index is 0.000000408. The van der Waals surface area contributed by atoms with E-state index in [4.69, 9.17) is 70.1 Å². The number of aryl methyl sites for hydroxylation is 8. The topological polar surface area (TPSA) is 383 Å². The van der Waals surface area contributed by atoms with Crippen LogP contribution in [0.1, 0.15) is 85.9 Å². The van der Waals surface area contributed by atoms with Gasteiger partial charge in [0.1, 0.15) is 35.2 Å². The Morgan fingerprint density at radius 2 is 0.485 bits per heavy atom. The van der Waals surface area contributed by atoms with E-state index in [9.17, 15) is 75.4 Å².